The highest BCUT2D eigenvalue weighted by atomic mass is 35.5. The standard InChI is InChI=1S/C18H19ClN2O3/c1-11(2)24-15-7-5-14(6-8-15)20-17(22)18(23)21-16-9-4-13(19)10-12(16)3/h4-11H,1-3H3,(H,20,22)(H,21,23). The Morgan fingerprint density at radius 3 is 2.21 bits per heavy atom. The van der Waals surface area contributed by atoms with E-state index in [9.17, 15) is 9.59 Å². The predicted molar refractivity (Wildman–Crippen MR) is 95.7 cm³/mol. The normalized spacial score (nSPS) is 10.4. The second-order valence-corrected chi connectivity index (χ2v) is 5.99. The minimum atomic E-state index is -0.748. The van der Waals surface area contributed by atoms with E-state index in [4.69, 9.17) is 16.3 Å². The van der Waals surface area contributed by atoms with Crippen molar-refractivity contribution in [1.82, 2.24) is 0 Å². The topological polar surface area (TPSA) is 67.4 Å². The summed E-state index contributed by atoms with van der Waals surface area (Å²) in [5.41, 5.74) is 1.83. The Balaban J connectivity index is 1.97. The summed E-state index contributed by atoms with van der Waals surface area (Å²) in [7, 11) is 0. The van der Waals surface area contributed by atoms with Crippen LogP contribution in [0.15, 0.2) is 42.5 Å². The van der Waals surface area contributed by atoms with Gasteiger partial charge in [-0.15, -0.1) is 0 Å². The predicted octanol–water partition coefficient (Wildman–Crippen LogP) is 4.01. The average molecular weight is 347 g/mol. The van der Waals surface area contributed by atoms with Gasteiger partial charge < -0.3 is 15.4 Å². The van der Waals surface area contributed by atoms with Crippen LogP contribution in [0.3, 0.4) is 0 Å². The molecule has 2 N–H and O–H groups in total. The molecule has 0 unspecified atom stereocenters. The highest BCUT2D eigenvalue weighted by molar-refractivity contribution is 6.43. The molecular formula is C18H19ClN2O3. The van der Waals surface area contributed by atoms with E-state index in [1.807, 2.05) is 13.8 Å². The van der Waals surface area contributed by atoms with Gasteiger partial charge in [-0.25, -0.2) is 0 Å². The van der Waals surface area contributed by atoms with Crippen molar-refractivity contribution in [3.8, 4) is 5.75 Å². The van der Waals surface area contributed by atoms with Gasteiger partial charge in [-0.05, 0) is 68.8 Å². The molecule has 0 bridgehead atoms. The van der Waals surface area contributed by atoms with Crippen LogP contribution in [-0.4, -0.2) is 17.9 Å². The van der Waals surface area contributed by atoms with Crippen LogP contribution >= 0.6 is 11.6 Å². The Kier molecular flexibility index (Phi) is 5.82. The van der Waals surface area contributed by atoms with E-state index in [1.165, 1.54) is 0 Å². The summed E-state index contributed by atoms with van der Waals surface area (Å²) in [5, 5.41) is 5.67. The van der Waals surface area contributed by atoms with E-state index in [-0.39, 0.29) is 6.10 Å². The second kappa shape index (κ2) is 7.84. The van der Waals surface area contributed by atoms with Gasteiger partial charge in [0, 0.05) is 16.4 Å². The molecule has 0 heterocycles. The number of rotatable bonds is 4. The zero-order valence-electron chi connectivity index (χ0n) is 13.7. The first-order valence-corrected chi connectivity index (χ1v) is 7.88. The highest BCUT2D eigenvalue weighted by Gasteiger charge is 2.15. The zero-order valence-corrected chi connectivity index (χ0v) is 14.5. The van der Waals surface area contributed by atoms with Crippen LogP contribution in [0.1, 0.15) is 19.4 Å². The lowest BCUT2D eigenvalue weighted by molar-refractivity contribution is -0.133. The maximum absolute atomic E-state index is 12.0. The van der Waals surface area contributed by atoms with Gasteiger partial charge in [-0.2, -0.15) is 0 Å². The number of aryl methyl sites for hydroxylation is 1. The Morgan fingerprint density at radius 1 is 1.00 bits per heavy atom. The minimum absolute atomic E-state index is 0.0684. The molecule has 0 saturated heterocycles. The lowest BCUT2D eigenvalue weighted by Crippen LogP contribution is -2.29. The van der Waals surface area contributed by atoms with Crippen molar-refractivity contribution in [3.05, 3.63) is 53.1 Å². The summed E-state index contributed by atoms with van der Waals surface area (Å²) in [6.07, 6.45) is 0.0684. The molecule has 0 saturated carbocycles. The fourth-order valence-electron chi connectivity index (χ4n) is 2.02. The molecule has 0 radical (unpaired) electrons. The Morgan fingerprint density at radius 2 is 1.62 bits per heavy atom. The molecule has 0 aromatic heterocycles. The summed E-state index contributed by atoms with van der Waals surface area (Å²) in [6, 6.07) is 11.8. The van der Waals surface area contributed by atoms with Gasteiger partial charge in [0.05, 0.1) is 6.10 Å². The van der Waals surface area contributed by atoms with Gasteiger partial charge in [0.2, 0.25) is 0 Å². The molecular weight excluding hydrogens is 328 g/mol. The van der Waals surface area contributed by atoms with Gasteiger partial charge >= 0.3 is 11.8 Å². The summed E-state index contributed by atoms with van der Waals surface area (Å²) in [6.45, 7) is 5.66. The van der Waals surface area contributed by atoms with Crippen molar-refractivity contribution in [2.45, 2.75) is 26.9 Å². The summed E-state index contributed by atoms with van der Waals surface area (Å²) < 4.78 is 5.52. The van der Waals surface area contributed by atoms with E-state index in [0.29, 0.717) is 22.1 Å². The molecule has 0 atom stereocenters. The summed E-state index contributed by atoms with van der Waals surface area (Å²) in [5.74, 6) is -0.797. The number of benzene rings is 2. The van der Waals surface area contributed by atoms with Gasteiger partial charge in [0.15, 0.2) is 0 Å². The van der Waals surface area contributed by atoms with Crippen molar-refractivity contribution in [2.75, 3.05) is 10.6 Å². The maximum Gasteiger partial charge on any atom is 0.314 e. The number of amides is 2. The molecule has 0 aliphatic rings. The fraction of sp³-hybridized carbons (Fsp3) is 0.222. The first-order valence-electron chi connectivity index (χ1n) is 7.50. The van der Waals surface area contributed by atoms with Crippen molar-refractivity contribution in [2.24, 2.45) is 0 Å². The second-order valence-electron chi connectivity index (χ2n) is 5.56. The van der Waals surface area contributed by atoms with Crippen molar-refractivity contribution in [1.29, 1.82) is 0 Å². The largest absolute Gasteiger partial charge is 0.491 e. The lowest BCUT2D eigenvalue weighted by atomic mass is 10.2. The van der Waals surface area contributed by atoms with E-state index in [2.05, 4.69) is 10.6 Å². The molecule has 2 aromatic rings. The van der Waals surface area contributed by atoms with Crippen LogP contribution in [-0.2, 0) is 9.59 Å². The zero-order chi connectivity index (χ0) is 17.7. The van der Waals surface area contributed by atoms with Crippen LogP contribution in [0.5, 0.6) is 5.75 Å². The Labute approximate surface area is 146 Å². The van der Waals surface area contributed by atoms with Gasteiger partial charge in [-0.3, -0.25) is 9.59 Å². The number of carbonyl (C=O) groups is 2. The van der Waals surface area contributed by atoms with Crippen LogP contribution in [0.4, 0.5) is 11.4 Å². The molecule has 0 spiro atoms. The molecule has 5 nitrogen and oxygen atoms in total. The summed E-state index contributed by atoms with van der Waals surface area (Å²) >= 11 is 5.87. The van der Waals surface area contributed by atoms with Crippen LogP contribution < -0.4 is 15.4 Å². The quantitative estimate of drug-likeness (QED) is 0.822. The van der Waals surface area contributed by atoms with Crippen molar-refractivity contribution in [3.63, 3.8) is 0 Å². The average Bonchev–Trinajstić information content (AvgIpc) is 2.51. The first kappa shape index (κ1) is 17.8. The van der Waals surface area contributed by atoms with Crippen LogP contribution in [0.2, 0.25) is 5.02 Å². The number of anilines is 2. The Bertz CT molecular complexity index is 742. The smallest absolute Gasteiger partial charge is 0.314 e. The SMILES string of the molecule is Cc1cc(Cl)ccc1NC(=O)C(=O)Nc1ccc(OC(C)C)cc1. The molecule has 0 aliphatic carbocycles. The molecule has 0 fully saturated rings. The van der Waals surface area contributed by atoms with Crippen LogP contribution in [0.25, 0.3) is 0 Å². The lowest BCUT2D eigenvalue weighted by Gasteiger charge is -2.11. The molecule has 24 heavy (non-hydrogen) atoms. The molecule has 126 valence electrons. The molecule has 0 aliphatic heterocycles. The third-order valence-electron chi connectivity index (χ3n) is 3.13. The molecule has 2 rings (SSSR count). The third kappa shape index (κ3) is 4.99. The molecule has 6 heteroatoms. The number of nitrogens with one attached hydrogen (secondary N) is 2. The van der Waals surface area contributed by atoms with Gasteiger partial charge in [0.25, 0.3) is 0 Å². The van der Waals surface area contributed by atoms with E-state index >= 15 is 0 Å². The van der Waals surface area contributed by atoms with Crippen molar-refractivity contribution < 1.29 is 14.3 Å². The fourth-order valence-corrected chi connectivity index (χ4v) is 2.25. The number of hydrogen-bond acceptors (Lipinski definition) is 3. The number of carbonyl (C=O) groups excluding carboxylic acids is 2. The van der Waals surface area contributed by atoms with E-state index in [1.54, 1.807) is 49.4 Å². The van der Waals surface area contributed by atoms with Gasteiger partial charge in [0.1, 0.15) is 5.75 Å². The number of ether oxygens (including phenoxy) is 1. The minimum Gasteiger partial charge on any atom is -0.491 e. The summed E-state index contributed by atoms with van der Waals surface area (Å²) in [4.78, 5) is 24.0. The number of hydrogen-bond donors (Lipinski definition) is 2. The highest BCUT2D eigenvalue weighted by Crippen LogP contribution is 2.20. The third-order valence-corrected chi connectivity index (χ3v) is 3.36. The monoisotopic (exact) mass is 346 g/mol. The van der Waals surface area contributed by atoms with Gasteiger partial charge in [-0.1, -0.05) is 11.6 Å². The van der Waals surface area contributed by atoms with E-state index in [0.717, 1.165) is 5.56 Å². The first-order chi connectivity index (χ1) is 11.3. The maximum atomic E-state index is 12.0. The van der Waals surface area contributed by atoms with Crippen molar-refractivity contribution >= 4 is 34.8 Å². The molecule has 2 amide bonds. The molecule has 2 aromatic carbocycles. The van der Waals surface area contributed by atoms with E-state index < -0.39 is 11.8 Å². The Hall–Kier alpha value is -2.53. The van der Waals surface area contributed by atoms with Crippen LogP contribution in [0, 0.1) is 6.92 Å². The number of halogens is 1.